The smallest absolute Gasteiger partial charge is 0.335 e. The SMILES string of the molecule is Cc1ccc(N2C(=O)NC(=O)/C(=C\c3c(OCc4ccccc4F)ccc4ccccc34)C2=O)c(C)c1. The fraction of sp³-hybridized carbons (Fsp3) is 0.100. The number of nitrogens with zero attached hydrogens (tertiary/aromatic N) is 1. The summed E-state index contributed by atoms with van der Waals surface area (Å²) in [6, 6.07) is 21.8. The first-order valence-corrected chi connectivity index (χ1v) is 11.7. The number of ether oxygens (including phenoxy) is 1. The van der Waals surface area contributed by atoms with E-state index in [2.05, 4.69) is 5.32 Å². The van der Waals surface area contributed by atoms with Gasteiger partial charge in [-0.25, -0.2) is 14.1 Å². The van der Waals surface area contributed by atoms with Crippen molar-refractivity contribution in [3.8, 4) is 5.75 Å². The van der Waals surface area contributed by atoms with Gasteiger partial charge >= 0.3 is 6.03 Å². The van der Waals surface area contributed by atoms with E-state index in [1.807, 2.05) is 43.3 Å². The number of carbonyl (C=O) groups excluding carboxylic acids is 3. The minimum Gasteiger partial charge on any atom is -0.488 e. The number of halogens is 1. The molecule has 0 unspecified atom stereocenters. The Balaban J connectivity index is 1.60. The normalized spacial score (nSPS) is 14.8. The highest BCUT2D eigenvalue weighted by atomic mass is 19.1. The van der Waals surface area contributed by atoms with Crippen LogP contribution in [0.25, 0.3) is 16.8 Å². The van der Waals surface area contributed by atoms with Crippen molar-refractivity contribution in [1.82, 2.24) is 5.32 Å². The molecule has 0 radical (unpaired) electrons. The summed E-state index contributed by atoms with van der Waals surface area (Å²) in [6.07, 6.45) is 1.43. The molecule has 4 aromatic rings. The molecular weight excluding hydrogens is 471 g/mol. The third-order valence-electron chi connectivity index (χ3n) is 6.26. The number of urea groups is 1. The van der Waals surface area contributed by atoms with Gasteiger partial charge in [0.2, 0.25) is 0 Å². The first-order chi connectivity index (χ1) is 17.8. The van der Waals surface area contributed by atoms with E-state index in [1.54, 1.807) is 43.3 Å². The number of barbiturate groups is 1. The van der Waals surface area contributed by atoms with Crippen molar-refractivity contribution in [3.05, 3.63) is 113 Å². The van der Waals surface area contributed by atoms with Gasteiger partial charge in [-0.1, -0.05) is 66.2 Å². The lowest BCUT2D eigenvalue weighted by molar-refractivity contribution is -0.122. The predicted molar refractivity (Wildman–Crippen MR) is 140 cm³/mol. The monoisotopic (exact) mass is 494 g/mol. The third kappa shape index (κ3) is 4.59. The summed E-state index contributed by atoms with van der Waals surface area (Å²) in [5.41, 5.74) is 2.71. The van der Waals surface area contributed by atoms with Crippen molar-refractivity contribution < 1.29 is 23.5 Å². The van der Waals surface area contributed by atoms with Crippen LogP contribution in [0.5, 0.6) is 5.75 Å². The van der Waals surface area contributed by atoms with Crippen molar-refractivity contribution in [2.75, 3.05) is 4.90 Å². The molecule has 1 aliphatic heterocycles. The Hall–Kier alpha value is -4.78. The second-order valence-corrected chi connectivity index (χ2v) is 8.83. The zero-order chi connectivity index (χ0) is 26.1. The van der Waals surface area contributed by atoms with E-state index in [0.717, 1.165) is 26.8 Å². The predicted octanol–water partition coefficient (Wildman–Crippen LogP) is 5.84. The van der Waals surface area contributed by atoms with Gasteiger partial charge < -0.3 is 4.74 Å². The van der Waals surface area contributed by atoms with Gasteiger partial charge in [-0.05, 0) is 54.5 Å². The summed E-state index contributed by atoms with van der Waals surface area (Å²) in [5.74, 6) is -1.57. The molecule has 1 saturated heterocycles. The molecule has 1 heterocycles. The number of carbonyl (C=O) groups is 3. The lowest BCUT2D eigenvalue weighted by Crippen LogP contribution is -2.54. The van der Waals surface area contributed by atoms with Gasteiger partial charge in [-0.3, -0.25) is 14.9 Å². The summed E-state index contributed by atoms with van der Waals surface area (Å²) >= 11 is 0. The number of hydrogen-bond acceptors (Lipinski definition) is 4. The maximum atomic E-state index is 14.2. The van der Waals surface area contributed by atoms with Crippen LogP contribution < -0.4 is 15.0 Å². The molecule has 37 heavy (non-hydrogen) atoms. The first-order valence-electron chi connectivity index (χ1n) is 11.7. The van der Waals surface area contributed by atoms with Crippen molar-refractivity contribution in [3.63, 3.8) is 0 Å². The maximum Gasteiger partial charge on any atom is 0.335 e. The Morgan fingerprint density at radius 3 is 2.46 bits per heavy atom. The first kappa shape index (κ1) is 23.9. The van der Waals surface area contributed by atoms with Crippen LogP contribution in [-0.4, -0.2) is 17.8 Å². The van der Waals surface area contributed by atoms with E-state index in [9.17, 15) is 18.8 Å². The van der Waals surface area contributed by atoms with Gasteiger partial charge in [0.05, 0.1) is 5.69 Å². The molecule has 7 heteroatoms. The third-order valence-corrected chi connectivity index (χ3v) is 6.26. The molecule has 0 spiro atoms. The largest absolute Gasteiger partial charge is 0.488 e. The van der Waals surface area contributed by atoms with Gasteiger partial charge in [0.25, 0.3) is 11.8 Å². The van der Waals surface area contributed by atoms with Gasteiger partial charge in [-0.2, -0.15) is 0 Å². The molecule has 4 aromatic carbocycles. The number of rotatable bonds is 5. The second-order valence-electron chi connectivity index (χ2n) is 8.83. The zero-order valence-corrected chi connectivity index (χ0v) is 20.2. The van der Waals surface area contributed by atoms with Gasteiger partial charge in [-0.15, -0.1) is 0 Å². The van der Waals surface area contributed by atoms with Crippen molar-refractivity contribution in [1.29, 1.82) is 0 Å². The average molecular weight is 495 g/mol. The van der Waals surface area contributed by atoms with Crippen LogP contribution in [0.15, 0.2) is 84.4 Å². The number of amides is 4. The molecule has 0 saturated carbocycles. The quantitative estimate of drug-likeness (QED) is 0.279. The van der Waals surface area contributed by atoms with Crippen LogP contribution in [0.4, 0.5) is 14.9 Å². The van der Waals surface area contributed by atoms with Crippen LogP contribution in [0.3, 0.4) is 0 Å². The number of aryl methyl sites for hydroxylation is 2. The number of hydrogen-bond donors (Lipinski definition) is 1. The average Bonchev–Trinajstić information content (AvgIpc) is 2.87. The summed E-state index contributed by atoms with van der Waals surface area (Å²) in [4.78, 5) is 40.1. The molecule has 6 nitrogen and oxygen atoms in total. The van der Waals surface area contributed by atoms with Crippen molar-refractivity contribution in [2.24, 2.45) is 0 Å². The number of nitrogens with one attached hydrogen (secondary N) is 1. The highest BCUT2D eigenvalue weighted by molar-refractivity contribution is 6.39. The Morgan fingerprint density at radius 2 is 1.68 bits per heavy atom. The molecular formula is C30H23FN2O4. The summed E-state index contributed by atoms with van der Waals surface area (Å²) in [6.45, 7) is 3.66. The molecule has 4 amide bonds. The van der Waals surface area contributed by atoms with Gasteiger partial charge in [0.15, 0.2) is 0 Å². The number of benzene rings is 4. The molecule has 1 fully saturated rings. The Morgan fingerprint density at radius 1 is 0.919 bits per heavy atom. The van der Waals surface area contributed by atoms with Crippen LogP contribution >= 0.6 is 0 Å². The molecule has 0 aromatic heterocycles. The minimum atomic E-state index is -0.812. The zero-order valence-electron chi connectivity index (χ0n) is 20.2. The van der Waals surface area contributed by atoms with Crippen LogP contribution in [0.1, 0.15) is 22.3 Å². The molecule has 0 bridgehead atoms. The molecule has 5 rings (SSSR count). The standard InChI is InChI=1S/C30H23FN2O4/c1-18-11-13-26(19(2)15-18)33-29(35)24(28(34)32-30(33)36)16-23-22-9-5-3-7-20(22)12-14-27(23)37-17-21-8-4-6-10-25(21)31/h3-16H,17H2,1-2H3,(H,32,34,36)/b24-16+. The van der Waals surface area contributed by atoms with Crippen molar-refractivity contribution >= 4 is 40.4 Å². The van der Waals surface area contributed by atoms with Gasteiger partial charge in [0.1, 0.15) is 23.7 Å². The second kappa shape index (κ2) is 9.70. The fourth-order valence-electron chi connectivity index (χ4n) is 4.40. The molecule has 0 atom stereocenters. The Labute approximate surface area is 213 Å². The summed E-state index contributed by atoms with van der Waals surface area (Å²) in [7, 11) is 0. The van der Waals surface area contributed by atoms with E-state index < -0.39 is 23.7 Å². The molecule has 184 valence electrons. The van der Waals surface area contributed by atoms with Crippen molar-refractivity contribution in [2.45, 2.75) is 20.5 Å². The number of imide groups is 2. The van der Waals surface area contributed by atoms with Crippen LogP contribution in [-0.2, 0) is 16.2 Å². The highest BCUT2D eigenvalue weighted by Crippen LogP contribution is 2.33. The highest BCUT2D eigenvalue weighted by Gasteiger charge is 2.37. The number of fused-ring (bicyclic) bond motifs is 1. The summed E-state index contributed by atoms with van der Waals surface area (Å²) in [5, 5.41) is 3.86. The van der Waals surface area contributed by atoms with Crippen LogP contribution in [0, 0.1) is 19.7 Å². The summed E-state index contributed by atoms with van der Waals surface area (Å²) < 4.78 is 20.2. The maximum absolute atomic E-state index is 14.2. The van der Waals surface area contributed by atoms with E-state index in [4.69, 9.17) is 4.74 Å². The van der Waals surface area contributed by atoms with E-state index >= 15 is 0 Å². The van der Waals surface area contributed by atoms with E-state index in [1.165, 1.54) is 12.1 Å². The molecule has 1 aliphatic rings. The fourth-order valence-corrected chi connectivity index (χ4v) is 4.40. The lowest BCUT2D eigenvalue weighted by Gasteiger charge is -2.28. The Bertz CT molecular complexity index is 1610. The Kier molecular flexibility index (Phi) is 6.27. The van der Waals surface area contributed by atoms with E-state index in [-0.39, 0.29) is 12.2 Å². The lowest BCUT2D eigenvalue weighted by atomic mass is 9.99. The minimum absolute atomic E-state index is 0.0471. The van der Waals surface area contributed by atoms with Gasteiger partial charge in [0, 0.05) is 11.1 Å². The number of anilines is 1. The van der Waals surface area contributed by atoms with Crippen LogP contribution in [0.2, 0.25) is 0 Å². The molecule has 0 aliphatic carbocycles. The topological polar surface area (TPSA) is 75.7 Å². The molecule has 1 N–H and O–H groups in total. The van der Waals surface area contributed by atoms with E-state index in [0.29, 0.717) is 22.6 Å².